The van der Waals surface area contributed by atoms with Gasteiger partial charge in [0.2, 0.25) is 0 Å². The van der Waals surface area contributed by atoms with Gasteiger partial charge in [0.25, 0.3) is 5.91 Å². The second kappa shape index (κ2) is 6.74. The molecule has 1 aliphatic rings. The zero-order valence-electron chi connectivity index (χ0n) is 14.1. The van der Waals surface area contributed by atoms with Crippen molar-refractivity contribution in [3.05, 3.63) is 59.9 Å². The number of aromatic nitrogens is 2. The molecule has 1 saturated heterocycles. The van der Waals surface area contributed by atoms with Crippen LogP contribution in [0.15, 0.2) is 42.7 Å². The summed E-state index contributed by atoms with van der Waals surface area (Å²) in [5, 5.41) is 0. The van der Waals surface area contributed by atoms with Gasteiger partial charge in [-0.25, -0.2) is 13.8 Å². The van der Waals surface area contributed by atoms with E-state index < -0.39 is 11.6 Å². The molecule has 0 radical (unpaired) electrons. The molecule has 0 unspecified atom stereocenters. The van der Waals surface area contributed by atoms with E-state index >= 15 is 0 Å². The molecule has 0 spiro atoms. The van der Waals surface area contributed by atoms with Crippen molar-refractivity contribution in [1.29, 1.82) is 0 Å². The van der Waals surface area contributed by atoms with Crippen LogP contribution in [0.2, 0.25) is 0 Å². The molecular formula is C19H18F2N4O. The molecule has 1 N–H and O–H groups in total. The van der Waals surface area contributed by atoms with E-state index in [4.69, 9.17) is 0 Å². The van der Waals surface area contributed by atoms with E-state index in [2.05, 4.69) is 9.97 Å². The minimum absolute atomic E-state index is 0.0337. The van der Waals surface area contributed by atoms with Gasteiger partial charge in [0.1, 0.15) is 0 Å². The van der Waals surface area contributed by atoms with Crippen molar-refractivity contribution in [3.63, 3.8) is 0 Å². The number of halogens is 2. The van der Waals surface area contributed by atoms with Gasteiger partial charge in [-0.3, -0.25) is 4.79 Å². The third kappa shape index (κ3) is 3.12. The van der Waals surface area contributed by atoms with E-state index in [1.165, 1.54) is 6.07 Å². The Morgan fingerprint density at radius 3 is 2.73 bits per heavy atom. The fourth-order valence-corrected chi connectivity index (χ4v) is 3.31. The van der Waals surface area contributed by atoms with Crippen LogP contribution in [0.5, 0.6) is 0 Å². The number of hydrogen-bond donors (Lipinski definition) is 1. The Kier molecular flexibility index (Phi) is 4.28. The van der Waals surface area contributed by atoms with Gasteiger partial charge in [0.05, 0.1) is 17.4 Å². The number of fused-ring (bicyclic) bond motifs is 1. The Bertz CT molecular complexity index is 956. The second-order valence-corrected chi connectivity index (χ2v) is 6.37. The molecule has 1 aromatic heterocycles. The Balaban J connectivity index is 1.48. The lowest BCUT2D eigenvalue weighted by molar-refractivity contribution is 0.0767. The summed E-state index contributed by atoms with van der Waals surface area (Å²) in [6.07, 6.45) is 2.36. The number of nitrogens with one attached hydrogen (secondary N) is 1. The number of carbonyl (C=O) groups is 1. The molecule has 0 bridgehead atoms. The summed E-state index contributed by atoms with van der Waals surface area (Å²) >= 11 is 0. The summed E-state index contributed by atoms with van der Waals surface area (Å²) < 4.78 is 26.6. The van der Waals surface area contributed by atoms with Crippen LogP contribution in [-0.2, 0) is 0 Å². The fourth-order valence-electron chi connectivity index (χ4n) is 3.31. The zero-order chi connectivity index (χ0) is 18.1. The molecule has 0 saturated carbocycles. The minimum Gasteiger partial charge on any atom is -0.370 e. The highest BCUT2D eigenvalue weighted by Gasteiger charge is 2.21. The Morgan fingerprint density at radius 2 is 1.88 bits per heavy atom. The van der Waals surface area contributed by atoms with Gasteiger partial charge in [0.15, 0.2) is 11.6 Å². The lowest BCUT2D eigenvalue weighted by Crippen LogP contribution is -2.35. The van der Waals surface area contributed by atoms with Crippen LogP contribution in [0.25, 0.3) is 11.0 Å². The zero-order valence-corrected chi connectivity index (χ0v) is 14.1. The number of imidazole rings is 1. The van der Waals surface area contributed by atoms with Crippen molar-refractivity contribution < 1.29 is 13.6 Å². The summed E-state index contributed by atoms with van der Waals surface area (Å²) in [4.78, 5) is 23.8. The first kappa shape index (κ1) is 16.5. The maximum atomic E-state index is 13.5. The highest BCUT2D eigenvalue weighted by Crippen LogP contribution is 2.21. The molecule has 7 heteroatoms. The van der Waals surface area contributed by atoms with E-state index in [1.54, 1.807) is 23.4 Å². The van der Waals surface area contributed by atoms with Crippen LogP contribution in [0.3, 0.4) is 0 Å². The maximum Gasteiger partial charge on any atom is 0.253 e. The molecular weight excluding hydrogens is 338 g/mol. The van der Waals surface area contributed by atoms with Gasteiger partial charge in [-0.1, -0.05) is 0 Å². The molecule has 4 rings (SSSR count). The summed E-state index contributed by atoms with van der Waals surface area (Å²) in [6, 6.07) is 9.33. The number of rotatable bonds is 2. The summed E-state index contributed by atoms with van der Waals surface area (Å²) in [6.45, 7) is 2.41. The molecule has 134 valence electrons. The van der Waals surface area contributed by atoms with Gasteiger partial charge in [-0.15, -0.1) is 0 Å². The molecule has 0 atom stereocenters. The lowest BCUT2D eigenvalue weighted by atomic mass is 10.1. The summed E-state index contributed by atoms with van der Waals surface area (Å²) in [5.74, 6) is -1.74. The van der Waals surface area contributed by atoms with Crippen LogP contribution in [0.1, 0.15) is 16.8 Å². The third-order valence-corrected chi connectivity index (χ3v) is 4.72. The number of nitrogens with zero attached hydrogens (tertiary/aromatic N) is 3. The van der Waals surface area contributed by atoms with Crippen molar-refractivity contribution in [3.8, 4) is 0 Å². The average molecular weight is 356 g/mol. The molecule has 1 aliphatic heterocycles. The number of H-pyrrole nitrogens is 1. The fraction of sp³-hybridized carbons (Fsp3) is 0.263. The van der Waals surface area contributed by atoms with E-state index in [1.807, 2.05) is 17.0 Å². The van der Waals surface area contributed by atoms with Crippen molar-refractivity contribution in [2.24, 2.45) is 0 Å². The Labute approximate surface area is 149 Å². The molecule has 2 heterocycles. The monoisotopic (exact) mass is 356 g/mol. The van der Waals surface area contributed by atoms with Crippen LogP contribution < -0.4 is 4.90 Å². The van der Waals surface area contributed by atoms with E-state index in [0.717, 1.165) is 23.5 Å². The first-order chi connectivity index (χ1) is 12.6. The normalized spacial score (nSPS) is 15.3. The Morgan fingerprint density at radius 1 is 1.00 bits per heavy atom. The van der Waals surface area contributed by atoms with Crippen molar-refractivity contribution >= 4 is 22.6 Å². The van der Waals surface area contributed by atoms with Crippen LogP contribution in [0.4, 0.5) is 14.5 Å². The van der Waals surface area contributed by atoms with Crippen molar-refractivity contribution in [1.82, 2.24) is 14.9 Å². The average Bonchev–Trinajstić information content (AvgIpc) is 2.98. The number of aromatic amines is 1. The Hall–Kier alpha value is -2.96. The quantitative estimate of drug-likeness (QED) is 0.767. The number of carbonyl (C=O) groups excluding carboxylic acids is 1. The van der Waals surface area contributed by atoms with Crippen LogP contribution in [-0.4, -0.2) is 47.0 Å². The standard InChI is InChI=1S/C19H18F2N4O/c20-15-4-3-14(11-16(15)21)24-6-1-7-25(9-8-24)19(26)13-2-5-17-18(10-13)23-12-22-17/h2-5,10-12H,1,6-9H2,(H,22,23). The largest absolute Gasteiger partial charge is 0.370 e. The number of benzene rings is 2. The predicted molar refractivity (Wildman–Crippen MR) is 95.2 cm³/mol. The van der Waals surface area contributed by atoms with Crippen molar-refractivity contribution in [2.75, 3.05) is 31.1 Å². The highest BCUT2D eigenvalue weighted by atomic mass is 19.2. The third-order valence-electron chi connectivity index (χ3n) is 4.72. The molecule has 1 fully saturated rings. The first-order valence-electron chi connectivity index (χ1n) is 8.54. The molecule has 3 aromatic rings. The first-order valence-corrected chi connectivity index (χ1v) is 8.54. The van der Waals surface area contributed by atoms with E-state index in [0.29, 0.717) is 37.4 Å². The van der Waals surface area contributed by atoms with Gasteiger partial charge in [-0.2, -0.15) is 0 Å². The number of amides is 1. The smallest absolute Gasteiger partial charge is 0.253 e. The van der Waals surface area contributed by atoms with Gasteiger partial charge in [-0.05, 0) is 36.8 Å². The molecule has 1 amide bonds. The molecule has 0 aliphatic carbocycles. The molecule has 26 heavy (non-hydrogen) atoms. The van der Waals surface area contributed by atoms with Crippen LogP contribution >= 0.6 is 0 Å². The topological polar surface area (TPSA) is 52.2 Å². The van der Waals surface area contributed by atoms with E-state index in [-0.39, 0.29) is 5.91 Å². The number of anilines is 1. The maximum absolute atomic E-state index is 13.5. The van der Waals surface area contributed by atoms with Crippen LogP contribution in [0, 0.1) is 11.6 Å². The summed E-state index contributed by atoms with van der Waals surface area (Å²) in [7, 11) is 0. The SMILES string of the molecule is O=C(c1ccc2nc[nH]c2c1)N1CCCN(c2ccc(F)c(F)c2)CC1. The van der Waals surface area contributed by atoms with Crippen molar-refractivity contribution in [2.45, 2.75) is 6.42 Å². The predicted octanol–water partition coefficient (Wildman–Crippen LogP) is 3.19. The highest BCUT2D eigenvalue weighted by molar-refractivity contribution is 5.97. The lowest BCUT2D eigenvalue weighted by Gasteiger charge is -2.24. The summed E-state index contributed by atoms with van der Waals surface area (Å²) in [5.41, 5.74) is 2.90. The molecule has 2 aromatic carbocycles. The van der Waals surface area contributed by atoms with E-state index in [9.17, 15) is 13.6 Å². The minimum atomic E-state index is -0.854. The van der Waals surface area contributed by atoms with Gasteiger partial charge < -0.3 is 14.8 Å². The van der Waals surface area contributed by atoms with Gasteiger partial charge >= 0.3 is 0 Å². The molecule has 5 nitrogen and oxygen atoms in total. The number of hydrogen-bond acceptors (Lipinski definition) is 3. The van der Waals surface area contributed by atoms with Gasteiger partial charge in [0, 0.05) is 43.5 Å². The second-order valence-electron chi connectivity index (χ2n) is 6.37.